The van der Waals surface area contributed by atoms with E-state index in [1.165, 1.54) is 12.1 Å². The summed E-state index contributed by atoms with van der Waals surface area (Å²) in [4.78, 5) is 19.5. The zero-order valence-electron chi connectivity index (χ0n) is 14.9. The Balaban J connectivity index is 1.81. The van der Waals surface area contributed by atoms with Crippen LogP contribution in [0.5, 0.6) is 0 Å². The van der Waals surface area contributed by atoms with E-state index in [0.29, 0.717) is 37.0 Å². The molecule has 0 bridgehead atoms. The molecule has 1 aliphatic rings. The second-order valence-corrected chi connectivity index (χ2v) is 6.38. The van der Waals surface area contributed by atoms with Crippen molar-refractivity contribution in [1.82, 2.24) is 9.97 Å². The summed E-state index contributed by atoms with van der Waals surface area (Å²) in [6.07, 6.45) is 1.64. The molecule has 2 aromatic rings. The number of methoxy groups -OCH3 is 1. The Morgan fingerprint density at radius 1 is 1.31 bits per heavy atom. The summed E-state index contributed by atoms with van der Waals surface area (Å²) < 4.78 is 11.1. The highest BCUT2D eigenvalue weighted by atomic mass is 16.6. The zero-order valence-corrected chi connectivity index (χ0v) is 14.9. The maximum atomic E-state index is 11.0. The topological polar surface area (TPSA) is 99.4 Å². The SMILES string of the molecule is COC1(CNc2cc(C)nc(-c3cccc([N+](=O)[O-])c3)n2)CCOCC1. The van der Waals surface area contributed by atoms with Crippen molar-refractivity contribution >= 4 is 11.5 Å². The molecule has 0 atom stereocenters. The molecule has 2 heterocycles. The van der Waals surface area contributed by atoms with Crippen molar-refractivity contribution in [2.75, 3.05) is 32.2 Å². The lowest BCUT2D eigenvalue weighted by Gasteiger charge is -2.36. The largest absolute Gasteiger partial charge is 0.381 e. The van der Waals surface area contributed by atoms with Gasteiger partial charge < -0.3 is 14.8 Å². The van der Waals surface area contributed by atoms with E-state index in [4.69, 9.17) is 9.47 Å². The molecule has 8 heteroatoms. The average molecular weight is 358 g/mol. The molecule has 0 spiro atoms. The highest BCUT2D eigenvalue weighted by molar-refractivity contribution is 5.61. The van der Waals surface area contributed by atoms with Crippen LogP contribution in [0, 0.1) is 17.0 Å². The predicted octanol–water partition coefficient (Wildman–Crippen LogP) is 2.97. The van der Waals surface area contributed by atoms with Crippen molar-refractivity contribution in [2.45, 2.75) is 25.4 Å². The van der Waals surface area contributed by atoms with Crippen molar-refractivity contribution in [3.05, 3.63) is 46.1 Å². The maximum Gasteiger partial charge on any atom is 0.270 e. The quantitative estimate of drug-likeness (QED) is 0.626. The average Bonchev–Trinajstić information content (AvgIpc) is 2.67. The molecule has 1 saturated heterocycles. The van der Waals surface area contributed by atoms with Crippen LogP contribution in [0.4, 0.5) is 11.5 Å². The molecule has 1 aromatic heterocycles. The Bertz CT molecular complexity index is 791. The van der Waals surface area contributed by atoms with Crippen molar-refractivity contribution in [3.8, 4) is 11.4 Å². The first kappa shape index (κ1) is 18.2. The Morgan fingerprint density at radius 2 is 2.08 bits per heavy atom. The number of non-ortho nitro benzene ring substituents is 1. The third kappa shape index (κ3) is 4.14. The number of hydrogen-bond acceptors (Lipinski definition) is 7. The molecule has 0 amide bonds. The molecular weight excluding hydrogens is 336 g/mol. The fourth-order valence-electron chi connectivity index (χ4n) is 2.99. The molecule has 0 aliphatic carbocycles. The Kier molecular flexibility index (Phi) is 5.43. The first-order chi connectivity index (χ1) is 12.5. The smallest absolute Gasteiger partial charge is 0.270 e. The van der Waals surface area contributed by atoms with Gasteiger partial charge in [0.1, 0.15) is 5.82 Å². The number of nitrogens with one attached hydrogen (secondary N) is 1. The van der Waals surface area contributed by atoms with Crippen LogP contribution in [0.2, 0.25) is 0 Å². The second kappa shape index (κ2) is 7.76. The summed E-state index contributed by atoms with van der Waals surface area (Å²) in [5, 5.41) is 14.3. The van der Waals surface area contributed by atoms with Crippen LogP contribution in [0.25, 0.3) is 11.4 Å². The Hall–Kier alpha value is -2.58. The van der Waals surface area contributed by atoms with Gasteiger partial charge in [-0.3, -0.25) is 10.1 Å². The first-order valence-corrected chi connectivity index (χ1v) is 8.49. The lowest BCUT2D eigenvalue weighted by Crippen LogP contribution is -2.44. The van der Waals surface area contributed by atoms with Gasteiger partial charge in [0, 0.05) is 69.2 Å². The number of nitrogens with zero attached hydrogens (tertiary/aromatic N) is 3. The number of nitro groups is 1. The fraction of sp³-hybridized carbons (Fsp3) is 0.444. The predicted molar refractivity (Wildman–Crippen MR) is 97.1 cm³/mol. The van der Waals surface area contributed by atoms with Crippen LogP contribution >= 0.6 is 0 Å². The molecule has 0 unspecified atom stereocenters. The third-order valence-electron chi connectivity index (χ3n) is 4.60. The van der Waals surface area contributed by atoms with E-state index in [2.05, 4.69) is 15.3 Å². The molecule has 1 fully saturated rings. The van der Waals surface area contributed by atoms with Gasteiger partial charge in [0.25, 0.3) is 5.69 Å². The van der Waals surface area contributed by atoms with Crippen LogP contribution in [-0.4, -0.2) is 47.4 Å². The number of benzene rings is 1. The number of ether oxygens (including phenoxy) is 2. The van der Waals surface area contributed by atoms with Crippen LogP contribution in [0.3, 0.4) is 0 Å². The van der Waals surface area contributed by atoms with E-state index in [-0.39, 0.29) is 11.3 Å². The van der Waals surface area contributed by atoms with E-state index in [0.717, 1.165) is 18.5 Å². The first-order valence-electron chi connectivity index (χ1n) is 8.49. The Morgan fingerprint density at radius 3 is 2.77 bits per heavy atom. The van der Waals surface area contributed by atoms with Gasteiger partial charge in [0.2, 0.25) is 0 Å². The summed E-state index contributed by atoms with van der Waals surface area (Å²) in [7, 11) is 1.72. The van der Waals surface area contributed by atoms with Crippen LogP contribution < -0.4 is 5.32 Å². The van der Waals surface area contributed by atoms with Crippen molar-refractivity contribution in [3.63, 3.8) is 0 Å². The minimum absolute atomic E-state index is 0.0163. The number of anilines is 1. The normalized spacial score (nSPS) is 16.2. The van der Waals surface area contributed by atoms with Gasteiger partial charge in [-0.2, -0.15) is 0 Å². The molecule has 1 aromatic carbocycles. The number of rotatable bonds is 6. The lowest BCUT2D eigenvalue weighted by molar-refractivity contribution is -0.384. The van der Waals surface area contributed by atoms with Gasteiger partial charge in [0.15, 0.2) is 5.82 Å². The molecule has 1 aliphatic heterocycles. The van der Waals surface area contributed by atoms with Gasteiger partial charge >= 0.3 is 0 Å². The van der Waals surface area contributed by atoms with Crippen LogP contribution in [0.1, 0.15) is 18.5 Å². The van der Waals surface area contributed by atoms with E-state index in [1.807, 2.05) is 13.0 Å². The summed E-state index contributed by atoms with van der Waals surface area (Å²) in [6, 6.07) is 8.18. The molecule has 26 heavy (non-hydrogen) atoms. The molecule has 3 rings (SSSR count). The summed E-state index contributed by atoms with van der Waals surface area (Å²) in [5.74, 6) is 1.12. The summed E-state index contributed by atoms with van der Waals surface area (Å²) in [6.45, 7) is 3.83. The van der Waals surface area contributed by atoms with Crippen molar-refractivity contribution < 1.29 is 14.4 Å². The highest BCUT2D eigenvalue weighted by Gasteiger charge is 2.32. The van der Waals surface area contributed by atoms with Crippen molar-refractivity contribution in [2.24, 2.45) is 0 Å². The summed E-state index contributed by atoms with van der Waals surface area (Å²) >= 11 is 0. The fourth-order valence-corrected chi connectivity index (χ4v) is 2.99. The number of hydrogen-bond donors (Lipinski definition) is 1. The molecule has 1 N–H and O–H groups in total. The second-order valence-electron chi connectivity index (χ2n) is 6.38. The van der Waals surface area contributed by atoms with E-state index < -0.39 is 4.92 Å². The lowest BCUT2D eigenvalue weighted by atomic mass is 9.94. The van der Waals surface area contributed by atoms with E-state index in [9.17, 15) is 10.1 Å². The molecular formula is C18H22N4O4. The molecule has 0 saturated carbocycles. The zero-order chi connectivity index (χ0) is 18.6. The minimum atomic E-state index is -0.425. The number of aryl methyl sites for hydroxylation is 1. The minimum Gasteiger partial charge on any atom is -0.381 e. The van der Waals surface area contributed by atoms with Gasteiger partial charge in [-0.1, -0.05) is 12.1 Å². The monoisotopic (exact) mass is 358 g/mol. The van der Waals surface area contributed by atoms with Gasteiger partial charge in [0.05, 0.1) is 10.5 Å². The molecule has 8 nitrogen and oxygen atoms in total. The third-order valence-corrected chi connectivity index (χ3v) is 4.60. The van der Waals surface area contributed by atoms with E-state index in [1.54, 1.807) is 19.2 Å². The molecule has 138 valence electrons. The maximum absolute atomic E-state index is 11.0. The Labute approximate surface area is 151 Å². The number of aromatic nitrogens is 2. The standard InChI is InChI=1S/C18H22N4O4/c1-13-10-16(19-12-18(25-2)6-8-26-9-7-18)21-17(20-13)14-4-3-5-15(11-14)22(23)24/h3-5,10-11H,6-9,12H2,1-2H3,(H,19,20,21). The van der Waals surface area contributed by atoms with Gasteiger partial charge in [-0.15, -0.1) is 0 Å². The van der Waals surface area contributed by atoms with Gasteiger partial charge in [-0.05, 0) is 6.92 Å². The van der Waals surface area contributed by atoms with Crippen LogP contribution in [-0.2, 0) is 9.47 Å². The van der Waals surface area contributed by atoms with Crippen LogP contribution in [0.15, 0.2) is 30.3 Å². The highest BCUT2D eigenvalue weighted by Crippen LogP contribution is 2.26. The van der Waals surface area contributed by atoms with Crippen molar-refractivity contribution in [1.29, 1.82) is 0 Å². The summed E-state index contributed by atoms with van der Waals surface area (Å²) in [5.41, 5.74) is 1.13. The van der Waals surface area contributed by atoms with E-state index >= 15 is 0 Å². The van der Waals surface area contributed by atoms with Gasteiger partial charge in [-0.25, -0.2) is 9.97 Å². The number of nitro benzene ring substituents is 1. The molecule has 0 radical (unpaired) electrons.